The molecule has 1 aromatic carbocycles. The highest BCUT2D eigenvalue weighted by molar-refractivity contribution is 5.99. The monoisotopic (exact) mass is 399 g/mol. The summed E-state index contributed by atoms with van der Waals surface area (Å²) in [5, 5.41) is 16.2. The van der Waals surface area contributed by atoms with Crippen molar-refractivity contribution in [1.82, 2.24) is 16.0 Å². The number of nitrogens with two attached hydrogens (primary N) is 1. The van der Waals surface area contributed by atoms with Crippen LogP contribution in [0.15, 0.2) is 30.3 Å². The van der Waals surface area contributed by atoms with E-state index in [1.807, 2.05) is 36.4 Å². The Hall–Kier alpha value is -3.41. The molecule has 0 saturated carbocycles. The third-order valence-corrected chi connectivity index (χ3v) is 4.65. The topological polar surface area (TPSA) is 154 Å². The van der Waals surface area contributed by atoms with Gasteiger partial charge >= 0.3 is 0 Å². The third-order valence-electron chi connectivity index (χ3n) is 4.65. The van der Waals surface area contributed by atoms with Crippen molar-refractivity contribution < 1.29 is 19.2 Å². The molecule has 154 valence electrons. The number of hydrogen-bond acceptors (Lipinski definition) is 5. The molecule has 4 amide bonds. The zero-order chi connectivity index (χ0) is 21.2. The van der Waals surface area contributed by atoms with Gasteiger partial charge in [-0.2, -0.15) is 5.26 Å². The van der Waals surface area contributed by atoms with E-state index in [4.69, 9.17) is 11.0 Å². The van der Waals surface area contributed by atoms with E-state index in [1.165, 1.54) is 0 Å². The quantitative estimate of drug-likeness (QED) is 0.396. The zero-order valence-corrected chi connectivity index (χ0v) is 16.0. The Morgan fingerprint density at radius 2 is 1.76 bits per heavy atom. The van der Waals surface area contributed by atoms with Crippen LogP contribution in [0.25, 0.3) is 0 Å². The molecule has 1 aliphatic heterocycles. The number of primary amides is 1. The first-order valence-electron chi connectivity index (χ1n) is 9.51. The minimum atomic E-state index is -1.01. The predicted octanol–water partition coefficient (Wildman–Crippen LogP) is -0.344. The van der Waals surface area contributed by atoms with Gasteiger partial charge < -0.3 is 21.7 Å². The van der Waals surface area contributed by atoms with Crippen LogP contribution in [0.1, 0.15) is 37.7 Å². The number of nitrogens with zero attached hydrogens (tertiary/aromatic N) is 1. The Morgan fingerprint density at radius 1 is 1.10 bits per heavy atom. The third kappa shape index (κ3) is 6.92. The molecule has 0 aliphatic carbocycles. The molecule has 1 heterocycles. The van der Waals surface area contributed by atoms with Gasteiger partial charge in [0.1, 0.15) is 18.1 Å². The lowest BCUT2D eigenvalue weighted by atomic mass is 10.0. The molecular weight excluding hydrogens is 374 g/mol. The summed E-state index contributed by atoms with van der Waals surface area (Å²) in [6, 6.07) is 8.69. The first-order chi connectivity index (χ1) is 13.9. The van der Waals surface area contributed by atoms with Gasteiger partial charge in [0.15, 0.2) is 0 Å². The van der Waals surface area contributed by atoms with Crippen molar-refractivity contribution in [2.75, 3.05) is 0 Å². The number of carbonyl (C=O) groups is 4. The van der Waals surface area contributed by atoms with Crippen LogP contribution in [0.2, 0.25) is 0 Å². The number of carbonyl (C=O) groups excluding carboxylic acids is 4. The van der Waals surface area contributed by atoms with Crippen molar-refractivity contribution >= 4 is 23.6 Å². The summed E-state index contributed by atoms with van der Waals surface area (Å²) in [6.07, 6.45) is 1.88. The summed E-state index contributed by atoms with van der Waals surface area (Å²) in [5.74, 6) is -2.06. The van der Waals surface area contributed by atoms with Crippen molar-refractivity contribution in [3.8, 4) is 6.07 Å². The van der Waals surface area contributed by atoms with Gasteiger partial charge in [-0.25, -0.2) is 0 Å². The lowest BCUT2D eigenvalue weighted by Gasteiger charge is -2.29. The number of rotatable bonds is 10. The van der Waals surface area contributed by atoms with Gasteiger partial charge in [-0.05, 0) is 24.8 Å². The summed E-state index contributed by atoms with van der Waals surface area (Å²) in [4.78, 5) is 48.4. The van der Waals surface area contributed by atoms with E-state index in [9.17, 15) is 19.2 Å². The number of nitrogens with one attached hydrogen (secondary N) is 3. The average molecular weight is 399 g/mol. The molecule has 9 heteroatoms. The van der Waals surface area contributed by atoms with Crippen LogP contribution < -0.4 is 21.7 Å². The van der Waals surface area contributed by atoms with Gasteiger partial charge in [-0.3, -0.25) is 19.2 Å². The van der Waals surface area contributed by atoms with Crippen molar-refractivity contribution in [2.24, 2.45) is 5.73 Å². The summed E-state index contributed by atoms with van der Waals surface area (Å²) in [5.41, 5.74) is 6.21. The normalized spacial score (nSPS) is 19.4. The Morgan fingerprint density at radius 3 is 2.41 bits per heavy atom. The SMILES string of the molecule is N#CCCCC[C@@H](NC(=O)C[C@@H]1NC(=O)[C@H](Cc2ccccc2)NC1=O)C(N)=O. The second-order valence-corrected chi connectivity index (χ2v) is 6.94. The number of unbranched alkanes of at least 4 members (excludes halogenated alkanes) is 2. The van der Waals surface area contributed by atoms with E-state index in [2.05, 4.69) is 16.0 Å². The van der Waals surface area contributed by atoms with E-state index >= 15 is 0 Å². The molecule has 0 unspecified atom stereocenters. The van der Waals surface area contributed by atoms with Crippen LogP contribution in [0.3, 0.4) is 0 Å². The fourth-order valence-electron chi connectivity index (χ4n) is 3.09. The summed E-state index contributed by atoms with van der Waals surface area (Å²) < 4.78 is 0. The van der Waals surface area contributed by atoms with Crippen molar-refractivity contribution in [2.45, 2.75) is 56.7 Å². The van der Waals surface area contributed by atoms with Gasteiger partial charge in [-0.1, -0.05) is 30.3 Å². The van der Waals surface area contributed by atoms with Crippen LogP contribution >= 0.6 is 0 Å². The van der Waals surface area contributed by atoms with Crippen molar-refractivity contribution in [3.63, 3.8) is 0 Å². The number of amides is 4. The molecule has 1 saturated heterocycles. The number of benzene rings is 1. The van der Waals surface area contributed by atoms with E-state index in [0.29, 0.717) is 32.1 Å². The molecule has 29 heavy (non-hydrogen) atoms. The van der Waals surface area contributed by atoms with Crippen LogP contribution in [0, 0.1) is 11.3 Å². The molecule has 9 nitrogen and oxygen atoms in total. The molecule has 1 aliphatic rings. The van der Waals surface area contributed by atoms with Gasteiger partial charge in [0.25, 0.3) is 0 Å². The lowest BCUT2D eigenvalue weighted by molar-refractivity contribution is -0.138. The van der Waals surface area contributed by atoms with Crippen molar-refractivity contribution in [1.29, 1.82) is 5.26 Å². The zero-order valence-electron chi connectivity index (χ0n) is 16.0. The largest absolute Gasteiger partial charge is 0.368 e. The summed E-state index contributed by atoms with van der Waals surface area (Å²) in [7, 11) is 0. The Labute approximate surface area is 169 Å². The highest BCUT2D eigenvalue weighted by Crippen LogP contribution is 2.09. The fraction of sp³-hybridized carbons (Fsp3) is 0.450. The van der Waals surface area contributed by atoms with Crippen LogP contribution in [0.5, 0.6) is 0 Å². The lowest BCUT2D eigenvalue weighted by Crippen LogP contribution is -2.63. The van der Waals surface area contributed by atoms with Gasteiger partial charge in [0.2, 0.25) is 23.6 Å². The molecule has 5 N–H and O–H groups in total. The first-order valence-corrected chi connectivity index (χ1v) is 9.51. The predicted molar refractivity (Wildman–Crippen MR) is 104 cm³/mol. The first kappa shape index (κ1) is 21.9. The number of hydrogen-bond donors (Lipinski definition) is 4. The van der Waals surface area contributed by atoms with Gasteiger partial charge in [-0.15, -0.1) is 0 Å². The maximum atomic E-state index is 12.3. The summed E-state index contributed by atoms with van der Waals surface area (Å²) >= 11 is 0. The van der Waals surface area contributed by atoms with Crippen LogP contribution in [0.4, 0.5) is 0 Å². The van der Waals surface area contributed by atoms with Crippen LogP contribution in [-0.4, -0.2) is 41.8 Å². The number of nitriles is 1. The molecule has 0 aromatic heterocycles. The molecule has 0 bridgehead atoms. The van der Waals surface area contributed by atoms with Crippen LogP contribution in [-0.2, 0) is 25.6 Å². The Kier molecular flexibility index (Phi) is 8.15. The fourth-order valence-corrected chi connectivity index (χ4v) is 3.09. The highest BCUT2D eigenvalue weighted by atomic mass is 16.2. The molecule has 3 atom stereocenters. The second kappa shape index (κ2) is 10.8. The minimum Gasteiger partial charge on any atom is -0.368 e. The minimum absolute atomic E-state index is 0.294. The second-order valence-electron chi connectivity index (χ2n) is 6.94. The average Bonchev–Trinajstić information content (AvgIpc) is 2.68. The van der Waals surface area contributed by atoms with E-state index < -0.39 is 35.8 Å². The molecule has 2 rings (SSSR count). The van der Waals surface area contributed by atoms with Crippen molar-refractivity contribution in [3.05, 3.63) is 35.9 Å². The van der Waals surface area contributed by atoms with Gasteiger partial charge in [0.05, 0.1) is 12.5 Å². The standard InChI is InChI=1S/C20H25N5O4/c21-10-6-2-5-9-14(18(22)27)23-17(26)12-16-20(29)24-15(19(28)25-16)11-13-7-3-1-4-8-13/h1,3-4,7-8,14-16H,2,5-6,9,11-12H2,(H2,22,27)(H,23,26)(H,24,29)(H,25,28)/t14-,15+,16+/m1/s1. The van der Waals surface area contributed by atoms with E-state index in [-0.39, 0.29) is 12.3 Å². The molecule has 1 aromatic rings. The maximum absolute atomic E-state index is 12.3. The van der Waals surface area contributed by atoms with Gasteiger partial charge in [0, 0.05) is 12.8 Å². The summed E-state index contributed by atoms with van der Waals surface area (Å²) in [6.45, 7) is 0. The smallest absolute Gasteiger partial charge is 0.243 e. The highest BCUT2D eigenvalue weighted by Gasteiger charge is 2.35. The molecule has 0 radical (unpaired) electrons. The molecule has 1 fully saturated rings. The molecular formula is C20H25N5O4. The number of piperazine rings is 1. The van der Waals surface area contributed by atoms with E-state index in [0.717, 1.165) is 5.56 Å². The van der Waals surface area contributed by atoms with E-state index in [1.54, 1.807) is 0 Å². The molecule has 0 spiro atoms. The Balaban J connectivity index is 1.85. The maximum Gasteiger partial charge on any atom is 0.243 e. The Bertz CT molecular complexity index is 790.